The number of nitrogens with one attached hydrogen (secondary N) is 1. The van der Waals surface area contributed by atoms with Gasteiger partial charge in [0.15, 0.2) is 9.64 Å². The van der Waals surface area contributed by atoms with Gasteiger partial charge in [-0.2, -0.15) is 26.3 Å². The van der Waals surface area contributed by atoms with Crippen molar-refractivity contribution in [2.75, 3.05) is 13.1 Å². The minimum absolute atomic E-state index is 0.0155. The molecule has 4 aromatic carbocycles. The smallest absolute Gasteiger partial charge is 0.430 e. The summed E-state index contributed by atoms with van der Waals surface area (Å²) >= 11 is -2.10. The van der Waals surface area contributed by atoms with Gasteiger partial charge in [0.25, 0.3) is 5.60 Å². The van der Waals surface area contributed by atoms with Crippen LogP contribution in [0.25, 0.3) is 0 Å². The number of carbonyl (C=O) groups is 1. The Kier molecular flexibility index (Phi) is 10.3. The van der Waals surface area contributed by atoms with Gasteiger partial charge in [-0.15, -0.1) is 0 Å². The highest BCUT2D eigenvalue weighted by atomic mass is 32.2. The Balaban J connectivity index is 1.52. The van der Waals surface area contributed by atoms with E-state index >= 15 is 0 Å². The summed E-state index contributed by atoms with van der Waals surface area (Å²) in [6, 6.07) is 17.9. The molecule has 1 N–H and O–H groups in total. The summed E-state index contributed by atoms with van der Waals surface area (Å²) in [5.41, 5.74) is -6.80. The summed E-state index contributed by atoms with van der Waals surface area (Å²) in [4.78, 5) is 14.6. The van der Waals surface area contributed by atoms with Gasteiger partial charge in [-0.05, 0) is 53.1 Å². The van der Waals surface area contributed by atoms with Crippen LogP contribution in [0.5, 0.6) is 0 Å². The molecule has 1 saturated heterocycles. The maximum Gasteiger partial charge on any atom is 0.430 e. The lowest BCUT2D eigenvalue weighted by molar-refractivity contribution is -0.392. The van der Waals surface area contributed by atoms with E-state index in [1.165, 1.54) is 17.0 Å². The third-order valence-corrected chi connectivity index (χ3v) is 10.3. The van der Waals surface area contributed by atoms with E-state index in [-0.39, 0.29) is 36.5 Å². The molecule has 2 atom stereocenters. The second kappa shape index (κ2) is 14.0. The first kappa shape index (κ1) is 36.1. The van der Waals surface area contributed by atoms with Crippen LogP contribution in [0.1, 0.15) is 28.7 Å². The Morgan fingerprint density at radius 1 is 0.816 bits per heavy atom. The van der Waals surface area contributed by atoms with Gasteiger partial charge in [0.05, 0.1) is 13.2 Å². The molecule has 0 saturated carbocycles. The molecule has 2 amide bonds. The molecule has 0 radical (unpaired) electrons. The van der Waals surface area contributed by atoms with E-state index in [1.54, 1.807) is 30.3 Å². The number of halogens is 9. The van der Waals surface area contributed by atoms with Crippen LogP contribution in [0.3, 0.4) is 0 Å². The monoisotopic (exact) mass is 714 g/mol. The first-order valence-electron chi connectivity index (χ1n) is 14.6. The van der Waals surface area contributed by atoms with Gasteiger partial charge in [0.2, 0.25) is 0 Å². The largest absolute Gasteiger partial charge is 0.611 e. The molecule has 0 aromatic heterocycles. The second-order valence-corrected chi connectivity index (χ2v) is 13.1. The number of nitrogens with zero attached hydrogens (tertiary/aromatic N) is 1. The standard InChI is InChI=1S/C34H27F9N2O3S/c35-25-13-15-26(16-14-25)49(47)31(17-18-45(21-31)30(46)44-19-22-5-2-1-3-6-22)23-9-11-24(12-10-23)32(33(38,39)40,34(41,42)43)48-20-27-28(36)7-4-8-29(27)37/h1-16H,17-21H2,(H,44,46). The van der Waals surface area contributed by atoms with E-state index in [0.29, 0.717) is 24.3 Å². The molecule has 0 bridgehead atoms. The third-order valence-electron chi connectivity index (χ3n) is 8.30. The second-order valence-electron chi connectivity index (χ2n) is 11.3. The molecule has 5 rings (SSSR count). The first-order valence-corrected chi connectivity index (χ1v) is 15.8. The Labute approximate surface area is 277 Å². The number of carbonyl (C=O) groups excluding carboxylic acids is 1. The lowest BCUT2D eigenvalue weighted by atomic mass is 9.88. The number of ether oxygens (including phenoxy) is 1. The Morgan fingerprint density at radius 3 is 1.98 bits per heavy atom. The maximum absolute atomic E-state index is 14.5. The fourth-order valence-corrected chi connectivity index (χ4v) is 7.45. The van der Waals surface area contributed by atoms with Crippen molar-refractivity contribution in [2.45, 2.75) is 47.2 Å². The van der Waals surface area contributed by atoms with E-state index < -0.39 is 75.1 Å². The Hall–Kier alpha value is -4.21. The van der Waals surface area contributed by atoms with Crippen LogP contribution < -0.4 is 5.32 Å². The SMILES string of the molecule is O=C(NCc1ccccc1)N1CCC(c2ccc(C(OCc3c(F)cccc3F)(C(F)(F)F)C(F)(F)F)cc2)([S+]([O-])c2ccc(F)cc2)C1. The van der Waals surface area contributed by atoms with E-state index in [0.717, 1.165) is 35.9 Å². The van der Waals surface area contributed by atoms with Crippen LogP contribution in [-0.2, 0) is 39.4 Å². The highest BCUT2D eigenvalue weighted by molar-refractivity contribution is 7.92. The van der Waals surface area contributed by atoms with Gasteiger partial charge in [-0.1, -0.05) is 60.7 Å². The molecule has 1 aliphatic heterocycles. The average Bonchev–Trinajstić information content (AvgIpc) is 3.51. The highest BCUT2D eigenvalue weighted by Crippen LogP contribution is 2.54. The van der Waals surface area contributed by atoms with Crippen LogP contribution in [0.2, 0.25) is 0 Å². The van der Waals surface area contributed by atoms with Crippen LogP contribution in [-0.4, -0.2) is 40.9 Å². The average molecular weight is 715 g/mol. The molecule has 49 heavy (non-hydrogen) atoms. The third kappa shape index (κ3) is 7.10. The number of urea groups is 1. The minimum atomic E-state index is -6.16. The number of amides is 2. The van der Waals surface area contributed by atoms with E-state index in [4.69, 9.17) is 0 Å². The van der Waals surface area contributed by atoms with Crippen LogP contribution in [0, 0.1) is 17.5 Å². The van der Waals surface area contributed by atoms with Gasteiger partial charge in [-0.25, -0.2) is 18.0 Å². The zero-order valence-corrected chi connectivity index (χ0v) is 26.1. The molecule has 0 aliphatic carbocycles. The molecule has 15 heteroatoms. The maximum atomic E-state index is 14.5. The van der Waals surface area contributed by atoms with Gasteiger partial charge in [0, 0.05) is 36.2 Å². The topological polar surface area (TPSA) is 64.6 Å². The van der Waals surface area contributed by atoms with Crippen molar-refractivity contribution < 1.29 is 53.6 Å². The zero-order chi connectivity index (χ0) is 35.6. The van der Waals surface area contributed by atoms with Crippen molar-refractivity contribution in [2.24, 2.45) is 0 Å². The summed E-state index contributed by atoms with van der Waals surface area (Å²) in [6.07, 6.45) is -12.4. The number of alkyl halides is 6. The molecule has 0 spiro atoms. The predicted molar refractivity (Wildman–Crippen MR) is 161 cm³/mol. The highest BCUT2D eigenvalue weighted by Gasteiger charge is 2.73. The normalized spacial score (nSPS) is 17.6. The van der Waals surface area contributed by atoms with Crippen molar-refractivity contribution in [1.82, 2.24) is 10.2 Å². The Bertz CT molecular complexity index is 1720. The Morgan fingerprint density at radius 2 is 1.41 bits per heavy atom. The van der Waals surface area contributed by atoms with Crippen molar-refractivity contribution in [3.05, 3.63) is 137 Å². The molecular formula is C34H27F9N2O3S. The lowest BCUT2D eigenvalue weighted by Crippen LogP contribution is -2.56. The van der Waals surface area contributed by atoms with Crippen molar-refractivity contribution in [1.29, 1.82) is 0 Å². The summed E-state index contributed by atoms with van der Waals surface area (Å²) < 4.78 is 146. The molecule has 5 nitrogen and oxygen atoms in total. The first-order chi connectivity index (χ1) is 23.1. The predicted octanol–water partition coefficient (Wildman–Crippen LogP) is 8.26. The number of likely N-dealkylation sites (tertiary alicyclic amines) is 1. The van der Waals surface area contributed by atoms with Gasteiger partial charge in [-0.3, -0.25) is 0 Å². The lowest BCUT2D eigenvalue weighted by Gasteiger charge is -2.38. The van der Waals surface area contributed by atoms with Gasteiger partial charge < -0.3 is 19.5 Å². The fourth-order valence-electron chi connectivity index (χ4n) is 5.71. The van der Waals surface area contributed by atoms with E-state index in [2.05, 4.69) is 10.1 Å². The van der Waals surface area contributed by atoms with Crippen LogP contribution in [0.15, 0.2) is 102 Å². The summed E-state index contributed by atoms with van der Waals surface area (Å²) in [5, 5.41) is 2.73. The summed E-state index contributed by atoms with van der Waals surface area (Å²) in [6.45, 7) is -1.82. The van der Waals surface area contributed by atoms with Gasteiger partial charge >= 0.3 is 18.4 Å². The summed E-state index contributed by atoms with van der Waals surface area (Å²) in [7, 11) is 0. The van der Waals surface area contributed by atoms with Crippen LogP contribution >= 0.6 is 0 Å². The fraction of sp³-hybridized carbons (Fsp3) is 0.265. The number of hydrogen-bond donors (Lipinski definition) is 1. The number of hydrogen-bond acceptors (Lipinski definition) is 3. The quantitative estimate of drug-likeness (QED) is 0.140. The molecule has 1 aliphatic rings. The van der Waals surface area contributed by atoms with Gasteiger partial charge in [0.1, 0.15) is 17.5 Å². The van der Waals surface area contributed by atoms with Crippen LogP contribution in [0.4, 0.5) is 44.3 Å². The molecular weight excluding hydrogens is 687 g/mol. The number of rotatable bonds is 9. The summed E-state index contributed by atoms with van der Waals surface area (Å²) in [5.74, 6) is -3.45. The minimum Gasteiger partial charge on any atom is -0.611 e. The number of benzene rings is 4. The van der Waals surface area contributed by atoms with E-state index in [9.17, 15) is 48.9 Å². The zero-order valence-electron chi connectivity index (χ0n) is 25.3. The van der Waals surface area contributed by atoms with Crippen molar-refractivity contribution in [3.63, 3.8) is 0 Å². The molecule has 1 fully saturated rings. The molecule has 260 valence electrons. The van der Waals surface area contributed by atoms with Crippen molar-refractivity contribution in [3.8, 4) is 0 Å². The van der Waals surface area contributed by atoms with Crippen molar-refractivity contribution >= 4 is 17.2 Å². The molecule has 1 heterocycles. The molecule has 2 unspecified atom stereocenters. The molecule has 4 aromatic rings. The van der Waals surface area contributed by atoms with E-state index in [1.807, 2.05) is 0 Å².